The van der Waals surface area contributed by atoms with E-state index in [4.69, 9.17) is 0 Å². The van der Waals surface area contributed by atoms with E-state index in [1.165, 1.54) is 15.0 Å². The fourth-order valence-electron chi connectivity index (χ4n) is 4.09. The fraction of sp³-hybridized carbons (Fsp3) is 0.370. The van der Waals surface area contributed by atoms with Crippen molar-refractivity contribution in [3.63, 3.8) is 0 Å². The summed E-state index contributed by atoms with van der Waals surface area (Å²) in [7, 11) is 0. The highest BCUT2D eigenvalue weighted by Gasteiger charge is 2.21. The van der Waals surface area contributed by atoms with Gasteiger partial charge in [-0.25, -0.2) is 13.9 Å². The summed E-state index contributed by atoms with van der Waals surface area (Å²) in [6.07, 6.45) is 0.766. The highest BCUT2D eigenvalue weighted by atomic mass is 16.2. The molecule has 0 aliphatic rings. The molecule has 0 saturated heterocycles. The molecular formula is C27H32N6O4. The molecule has 2 amide bonds. The number of aromatic nitrogens is 4. The van der Waals surface area contributed by atoms with Gasteiger partial charge in [0.2, 0.25) is 11.7 Å². The summed E-state index contributed by atoms with van der Waals surface area (Å²) in [4.78, 5) is 52.3. The molecule has 0 saturated carbocycles. The second-order valence-electron chi connectivity index (χ2n) is 9.66. The molecule has 2 heterocycles. The number of rotatable bonds is 9. The lowest BCUT2D eigenvalue weighted by molar-refractivity contribution is -0.122. The van der Waals surface area contributed by atoms with Crippen molar-refractivity contribution < 1.29 is 9.59 Å². The Labute approximate surface area is 213 Å². The second kappa shape index (κ2) is 10.8. The van der Waals surface area contributed by atoms with Crippen LogP contribution in [0.25, 0.3) is 16.7 Å². The van der Waals surface area contributed by atoms with Crippen LogP contribution >= 0.6 is 0 Å². The summed E-state index contributed by atoms with van der Waals surface area (Å²) in [6.45, 7) is 8.14. The number of carbonyl (C=O) groups is 2. The molecule has 0 spiro atoms. The van der Waals surface area contributed by atoms with Crippen molar-refractivity contribution in [3.8, 4) is 0 Å². The monoisotopic (exact) mass is 504 g/mol. The van der Waals surface area contributed by atoms with E-state index in [0.717, 1.165) is 16.7 Å². The normalized spacial score (nSPS) is 12.2. The third kappa shape index (κ3) is 5.47. The van der Waals surface area contributed by atoms with E-state index < -0.39 is 5.69 Å². The van der Waals surface area contributed by atoms with Gasteiger partial charge >= 0.3 is 5.69 Å². The molecule has 0 aliphatic carbocycles. The van der Waals surface area contributed by atoms with E-state index in [0.29, 0.717) is 24.0 Å². The lowest BCUT2D eigenvalue weighted by Gasteiger charge is -2.14. The van der Waals surface area contributed by atoms with E-state index in [1.54, 1.807) is 12.1 Å². The van der Waals surface area contributed by atoms with E-state index in [1.807, 2.05) is 58.0 Å². The lowest BCUT2D eigenvalue weighted by Crippen LogP contribution is -2.33. The zero-order valence-electron chi connectivity index (χ0n) is 21.5. The number of carbonyl (C=O) groups excluding carboxylic acids is 2. The first-order chi connectivity index (χ1) is 17.7. The van der Waals surface area contributed by atoms with E-state index in [-0.39, 0.29) is 47.2 Å². The molecular weight excluding hydrogens is 472 g/mol. The minimum atomic E-state index is -0.563. The van der Waals surface area contributed by atoms with Crippen molar-refractivity contribution in [2.45, 2.75) is 59.8 Å². The first-order valence-corrected chi connectivity index (χ1v) is 12.5. The number of fused-ring (bicyclic) bond motifs is 3. The molecule has 37 heavy (non-hydrogen) atoms. The highest BCUT2D eigenvalue weighted by Crippen LogP contribution is 2.15. The molecule has 10 nitrogen and oxygen atoms in total. The number of hydrogen-bond acceptors (Lipinski definition) is 5. The number of nitrogens with zero attached hydrogens (tertiary/aromatic N) is 4. The van der Waals surface area contributed by atoms with Crippen LogP contribution in [0.1, 0.15) is 50.0 Å². The number of amides is 2. The molecule has 0 fully saturated rings. The molecule has 10 heteroatoms. The predicted molar refractivity (Wildman–Crippen MR) is 142 cm³/mol. The third-order valence-electron chi connectivity index (χ3n) is 6.20. The fourth-order valence-corrected chi connectivity index (χ4v) is 4.09. The predicted octanol–water partition coefficient (Wildman–Crippen LogP) is 2.31. The van der Waals surface area contributed by atoms with Gasteiger partial charge in [0, 0.05) is 24.7 Å². The SMILES string of the molecule is CCC(C)NC(=O)c1ccc2c(=O)n(CC(C)C)c3nn(CC(=O)NCc4ccccc4)c(=O)n3c2c1. The van der Waals surface area contributed by atoms with Crippen LogP contribution in [-0.4, -0.2) is 36.6 Å². The summed E-state index contributed by atoms with van der Waals surface area (Å²) in [5, 5.41) is 10.4. The van der Waals surface area contributed by atoms with Crippen LogP contribution in [-0.2, 0) is 24.4 Å². The Morgan fingerprint density at radius 1 is 1.03 bits per heavy atom. The Bertz CT molecular complexity index is 1570. The number of nitrogens with one attached hydrogen (secondary N) is 2. The van der Waals surface area contributed by atoms with Crippen molar-refractivity contribution in [1.82, 2.24) is 29.4 Å². The van der Waals surface area contributed by atoms with Crippen molar-refractivity contribution in [3.05, 3.63) is 80.5 Å². The average Bonchev–Trinajstić information content (AvgIpc) is 3.20. The molecule has 2 N–H and O–H groups in total. The van der Waals surface area contributed by atoms with E-state index >= 15 is 0 Å². The molecule has 2 aromatic heterocycles. The molecule has 1 unspecified atom stereocenters. The largest absolute Gasteiger partial charge is 0.352 e. The average molecular weight is 505 g/mol. The van der Waals surface area contributed by atoms with Gasteiger partial charge in [0.25, 0.3) is 11.5 Å². The molecule has 0 aliphatic heterocycles. The van der Waals surface area contributed by atoms with Crippen LogP contribution in [0.5, 0.6) is 0 Å². The Morgan fingerprint density at radius 3 is 2.43 bits per heavy atom. The van der Waals surface area contributed by atoms with Crippen LogP contribution < -0.4 is 21.9 Å². The number of benzene rings is 2. The van der Waals surface area contributed by atoms with Crippen molar-refractivity contribution in [2.24, 2.45) is 5.92 Å². The zero-order chi connectivity index (χ0) is 26.7. The summed E-state index contributed by atoms with van der Waals surface area (Å²) >= 11 is 0. The van der Waals surface area contributed by atoms with Gasteiger partial charge in [-0.05, 0) is 43.0 Å². The van der Waals surface area contributed by atoms with Gasteiger partial charge in [-0.2, -0.15) is 0 Å². The zero-order valence-corrected chi connectivity index (χ0v) is 21.5. The molecule has 4 aromatic rings. The molecule has 194 valence electrons. The summed E-state index contributed by atoms with van der Waals surface area (Å²) in [6, 6.07) is 14.1. The first kappa shape index (κ1) is 25.9. The van der Waals surface area contributed by atoms with E-state index in [2.05, 4.69) is 15.7 Å². The summed E-state index contributed by atoms with van der Waals surface area (Å²) < 4.78 is 3.81. The van der Waals surface area contributed by atoms with Crippen LogP contribution in [0.2, 0.25) is 0 Å². The summed E-state index contributed by atoms with van der Waals surface area (Å²) in [5.74, 6) is -0.443. The minimum absolute atomic E-state index is 0.0258. The Balaban J connectivity index is 1.78. The smallest absolute Gasteiger partial charge is 0.350 e. The standard InChI is InChI=1S/C27H32N6O4/c1-5-18(4)29-24(35)20-11-12-21-22(13-20)33-26(31(25(21)36)15-17(2)3)30-32(27(33)37)16-23(34)28-14-19-9-7-6-8-10-19/h6-13,17-18H,5,14-16H2,1-4H3,(H,28,34)(H,29,35). The summed E-state index contributed by atoms with van der Waals surface area (Å²) in [5.41, 5.74) is 0.661. The molecule has 0 bridgehead atoms. The van der Waals surface area contributed by atoms with Gasteiger partial charge in [0.15, 0.2) is 0 Å². The van der Waals surface area contributed by atoms with Gasteiger partial charge in [0.05, 0.1) is 10.9 Å². The van der Waals surface area contributed by atoms with Gasteiger partial charge in [-0.3, -0.25) is 19.0 Å². The van der Waals surface area contributed by atoms with Crippen LogP contribution in [0.15, 0.2) is 58.1 Å². The molecule has 2 aromatic carbocycles. The minimum Gasteiger partial charge on any atom is -0.350 e. The molecule has 1 atom stereocenters. The first-order valence-electron chi connectivity index (χ1n) is 12.5. The van der Waals surface area contributed by atoms with Crippen molar-refractivity contribution in [1.29, 1.82) is 0 Å². The molecule has 0 radical (unpaired) electrons. The second-order valence-corrected chi connectivity index (χ2v) is 9.66. The quantitative estimate of drug-likeness (QED) is 0.363. The maximum Gasteiger partial charge on any atom is 0.352 e. The third-order valence-corrected chi connectivity index (χ3v) is 6.20. The van der Waals surface area contributed by atoms with Crippen molar-refractivity contribution >= 4 is 28.5 Å². The Morgan fingerprint density at radius 2 is 1.76 bits per heavy atom. The van der Waals surface area contributed by atoms with Gasteiger partial charge in [0.1, 0.15) is 6.54 Å². The molecule has 4 rings (SSSR count). The highest BCUT2D eigenvalue weighted by molar-refractivity contribution is 5.98. The van der Waals surface area contributed by atoms with Crippen LogP contribution in [0.4, 0.5) is 0 Å². The van der Waals surface area contributed by atoms with E-state index in [9.17, 15) is 19.2 Å². The van der Waals surface area contributed by atoms with Gasteiger partial charge in [-0.1, -0.05) is 51.1 Å². The topological polar surface area (TPSA) is 120 Å². The maximum absolute atomic E-state index is 13.5. The maximum atomic E-state index is 13.5. The van der Waals surface area contributed by atoms with Gasteiger partial charge in [-0.15, -0.1) is 5.10 Å². The number of hydrogen-bond donors (Lipinski definition) is 2. The lowest BCUT2D eigenvalue weighted by atomic mass is 10.1. The Hall–Kier alpha value is -4.21. The van der Waals surface area contributed by atoms with Crippen LogP contribution in [0.3, 0.4) is 0 Å². The van der Waals surface area contributed by atoms with Crippen LogP contribution in [0, 0.1) is 5.92 Å². The van der Waals surface area contributed by atoms with Crippen molar-refractivity contribution in [2.75, 3.05) is 0 Å². The van der Waals surface area contributed by atoms with Gasteiger partial charge < -0.3 is 10.6 Å². The Kier molecular flexibility index (Phi) is 7.56.